The fraction of sp³-hybridized carbons (Fsp3) is 0.333. The maximum absolute atomic E-state index is 14.2. The summed E-state index contributed by atoms with van der Waals surface area (Å²) in [7, 11) is 0. The van der Waals surface area contributed by atoms with Crippen molar-refractivity contribution in [3.63, 3.8) is 0 Å². The standard InChI is InChI=1S/C18H19FIN3O2S/c1-9-15(18(25)23-6-5-12(21)8-23)17(26-16(9)10(2)24)22-14-4-3-11(20)7-13(14)19/h3-4,7,12,22H,5-6,8,21H2,1-2H3/t12-/m1/s1. The van der Waals surface area contributed by atoms with E-state index < -0.39 is 5.82 Å². The van der Waals surface area contributed by atoms with Gasteiger partial charge >= 0.3 is 0 Å². The SMILES string of the molecule is CC(=O)c1sc(Nc2ccc(I)cc2F)c(C(=O)N2CC[C@@H](N)C2)c1C. The molecule has 0 saturated carbocycles. The van der Waals surface area contributed by atoms with Crippen molar-refractivity contribution in [2.45, 2.75) is 26.3 Å². The van der Waals surface area contributed by atoms with Crippen LogP contribution in [-0.4, -0.2) is 35.7 Å². The van der Waals surface area contributed by atoms with Crippen molar-refractivity contribution in [1.82, 2.24) is 4.90 Å². The zero-order valence-electron chi connectivity index (χ0n) is 14.4. The average molecular weight is 487 g/mol. The Balaban J connectivity index is 2.02. The second-order valence-electron chi connectivity index (χ2n) is 6.37. The molecule has 5 nitrogen and oxygen atoms in total. The monoisotopic (exact) mass is 487 g/mol. The van der Waals surface area contributed by atoms with Gasteiger partial charge in [-0.15, -0.1) is 11.3 Å². The number of carbonyl (C=O) groups excluding carboxylic acids is 2. The fourth-order valence-electron chi connectivity index (χ4n) is 3.04. The number of amides is 1. The van der Waals surface area contributed by atoms with Crippen LogP contribution in [0.2, 0.25) is 0 Å². The normalized spacial score (nSPS) is 16.8. The molecule has 1 saturated heterocycles. The Morgan fingerprint density at radius 2 is 2.15 bits per heavy atom. The molecule has 1 aromatic heterocycles. The Morgan fingerprint density at radius 1 is 1.42 bits per heavy atom. The van der Waals surface area contributed by atoms with Gasteiger partial charge in [-0.1, -0.05) is 0 Å². The Labute approximate surface area is 168 Å². The van der Waals surface area contributed by atoms with Crippen LogP contribution in [0.1, 0.15) is 38.9 Å². The molecule has 26 heavy (non-hydrogen) atoms. The molecule has 138 valence electrons. The van der Waals surface area contributed by atoms with Crippen molar-refractivity contribution >= 4 is 56.3 Å². The Hall–Kier alpha value is -1.52. The van der Waals surface area contributed by atoms with E-state index in [-0.39, 0.29) is 23.4 Å². The number of likely N-dealkylation sites (tertiary alicyclic amines) is 1. The lowest BCUT2D eigenvalue weighted by Crippen LogP contribution is -2.32. The summed E-state index contributed by atoms with van der Waals surface area (Å²) < 4.78 is 15.0. The molecule has 0 radical (unpaired) electrons. The van der Waals surface area contributed by atoms with Gasteiger partial charge < -0.3 is 16.0 Å². The predicted molar refractivity (Wildman–Crippen MR) is 110 cm³/mol. The van der Waals surface area contributed by atoms with Crippen LogP contribution in [0.15, 0.2) is 18.2 Å². The lowest BCUT2D eigenvalue weighted by atomic mass is 10.1. The van der Waals surface area contributed by atoms with Gasteiger partial charge in [-0.2, -0.15) is 0 Å². The highest BCUT2D eigenvalue weighted by atomic mass is 127. The van der Waals surface area contributed by atoms with Crippen LogP contribution < -0.4 is 11.1 Å². The first-order chi connectivity index (χ1) is 12.3. The van der Waals surface area contributed by atoms with Crippen LogP contribution >= 0.6 is 33.9 Å². The first kappa shape index (κ1) is 19.2. The molecule has 0 bridgehead atoms. The topological polar surface area (TPSA) is 75.4 Å². The third-order valence-corrected chi connectivity index (χ3v) is 6.35. The third kappa shape index (κ3) is 3.77. The van der Waals surface area contributed by atoms with Gasteiger partial charge in [0.25, 0.3) is 5.91 Å². The van der Waals surface area contributed by atoms with E-state index in [2.05, 4.69) is 5.32 Å². The first-order valence-corrected chi connectivity index (χ1v) is 10.1. The van der Waals surface area contributed by atoms with Gasteiger partial charge in [-0.3, -0.25) is 9.59 Å². The number of hydrogen-bond acceptors (Lipinski definition) is 5. The molecule has 1 atom stereocenters. The zero-order valence-corrected chi connectivity index (χ0v) is 17.4. The molecule has 1 fully saturated rings. The average Bonchev–Trinajstić information content (AvgIpc) is 3.13. The zero-order chi connectivity index (χ0) is 19.0. The van der Waals surface area contributed by atoms with E-state index in [4.69, 9.17) is 5.73 Å². The van der Waals surface area contributed by atoms with Crippen molar-refractivity contribution in [2.24, 2.45) is 5.73 Å². The van der Waals surface area contributed by atoms with Gasteiger partial charge in [-0.25, -0.2) is 4.39 Å². The van der Waals surface area contributed by atoms with Crippen LogP contribution in [0.25, 0.3) is 0 Å². The van der Waals surface area contributed by atoms with Crippen molar-refractivity contribution in [3.8, 4) is 0 Å². The number of thiophene rings is 1. The number of anilines is 2. The smallest absolute Gasteiger partial charge is 0.257 e. The van der Waals surface area contributed by atoms with E-state index in [9.17, 15) is 14.0 Å². The second kappa shape index (κ2) is 7.61. The minimum atomic E-state index is -0.408. The molecule has 3 rings (SSSR count). The van der Waals surface area contributed by atoms with Gasteiger partial charge in [-0.05, 0) is 66.6 Å². The van der Waals surface area contributed by atoms with Crippen molar-refractivity contribution in [3.05, 3.63) is 43.6 Å². The van der Waals surface area contributed by atoms with Crippen LogP contribution in [0.5, 0.6) is 0 Å². The van der Waals surface area contributed by atoms with E-state index in [1.165, 1.54) is 24.3 Å². The van der Waals surface area contributed by atoms with Crippen molar-refractivity contribution in [2.75, 3.05) is 18.4 Å². The number of halogens is 2. The minimum Gasteiger partial charge on any atom is -0.344 e. The van der Waals surface area contributed by atoms with E-state index in [1.54, 1.807) is 24.0 Å². The largest absolute Gasteiger partial charge is 0.344 e. The maximum Gasteiger partial charge on any atom is 0.257 e. The molecule has 0 spiro atoms. The molecular weight excluding hydrogens is 468 g/mol. The quantitative estimate of drug-likeness (QED) is 0.507. The highest BCUT2D eigenvalue weighted by Crippen LogP contribution is 2.37. The van der Waals surface area contributed by atoms with Gasteiger partial charge in [0.15, 0.2) is 5.78 Å². The van der Waals surface area contributed by atoms with Crippen LogP contribution in [0, 0.1) is 16.3 Å². The predicted octanol–water partition coefficient (Wildman–Crippen LogP) is 3.92. The molecule has 0 unspecified atom stereocenters. The molecule has 1 aromatic carbocycles. The number of nitrogens with two attached hydrogens (primary N) is 1. The van der Waals surface area contributed by atoms with Crippen molar-refractivity contribution in [1.29, 1.82) is 0 Å². The van der Waals surface area contributed by atoms with E-state index in [1.807, 2.05) is 22.6 Å². The van der Waals surface area contributed by atoms with Gasteiger partial charge in [0.2, 0.25) is 0 Å². The number of nitrogens with one attached hydrogen (secondary N) is 1. The van der Waals surface area contributed by atoms with E-state index in [0.29, 0.717) is 34.1 Å². The molecule has 0 aliphatic carbocycles. The highest BCUT2D eigenvalue weighted by Gasteiger charge is 2.30. The molecule has 2 heterocycles. The number of ketones is 1. The van der Waals surface area contributed by atoms with Gasteiger partial charge in [0.1, 0.15) is 10.8 Å². The van der Waals surface area contributed by atoms with Crippen molar-refractivity contribution < 1.29 is 14.0 Å². The summed E-state index contributed by atoms with van der Waals surface area (Å²) in [5, 5.41) is 3.49. The fourth-order valence-corrected chi connectivity index (χ4v) is 4.60. The Kier molecular flexibility index (Phi) is 5.64. The van der Waals surface area contributed by atoms with E-state index in [0.717, 1.165) is 9.99 Å². The van der Waals surface area contributed by atoms with Crippen LogP contribution in [0.4, 0.5) is 15.1 Å². The summed E-state index contributed by atoms with van der Waals surface area (Å²) in [4.78, 5) is 27.2. The van der Waals surface area contributed by atoms with Crippen LogP contribution in [-0.2, 0) is 0 Å². The maximum atomic E-state index is 14.2. The number of carbonyl (C=O) groups is 2. The molecule has 1 aliphatic rings. The summed E-state index contributed by atoms with van der Waals surface area (Å²) in [6.45, 7) is 4.29. The number of Topliss-reactive ketones (excluding diaryl/α,β-unsaturated/α-hetero) is 1. The summed E-state index contributed by atoms with van der Waals surface area (Å²) in [6.07, 6.45) is 0.753. The number of nitrogens with zero attached hydrogens (tertiary/aromatic N) is 1. The summed E-state index contributed by atoms with van der Waals surface area (Å²) in [6, 6.07) is 4.78. The number of benzene rings is 1. The first-order valence-electron chi connectivity index (χ1n) is 8.19. The molecule has 1 aliphatic heterocycles. The lowest BCUT2D eigenvalue weighted by molar-refractivity contribution is 0.0791. The van der Waals surface area contributed by atoms with Gasteiger partial charge in [0.05, 0.1) is 16.1 Å². The second-order valence-corrected chi connectivity index (χ2v) is 8.63. The number of rotatable bonds is 4. The number of hydrogen-bond donors (Lipinski definition) is 2. The molecule has 1 amide bonds. The molecule has 3 N–H and O–H groups in total. The summed E-state index contributed by atoms with van der Waals surface area (Å²) in [5.41, 5.74) is 7.24. The molecular formula is C18H19FIN3O2S. The third-order valence-electron chi connectivity index (χ3n) is 4.37. The Morgan fingerprint density at radius 3 is 2.73 bits per heavy atom. The minimum absolute atomic E-state index is 0.0322. The molecule has 8 heteroatoms. The summed E-state index contributed by atoms with van der Waals surface area (Å²) in [5.74, 6) is -0.697. The van der Waals surface area contributed by atoms with Crippen LogP contribution in [0.3, 0.4) is 0 Å². The highest BCUT2D eigenvalue weighted by molar-refractivity contribution is 14.1. The molecule has 2 aromatic rings. The Bertz CT molecular complexity index is 884. The van der Waals surface area contributed by atoms with Gasteiger partial charge in [0, 0.05) is 22.7 Å². The van der Waals surface area contributed by atoms with E-state index >= 15 is 0 Å². The summed E-state index contributed by atoms with van der Waals surface area (Å²) >= 11 is 3.22. The lowest BCUT2D eigenvalue weighted by Gasteiger charge is -2.17.